The summed E-state index contributed by atoms with van der Waals surface area (Å²) < 4.78 is 0. The lowest BCUT2D eigenvalue weighted by atomic mass is 10.2. The largest absolute Gasteiger partial charge is 0.383 e. The van der Waals surface area contributed by atoms with E-state index in [0.717, 1.165) is 35.3 Å². The number of thiophene rings is 1. The standard InChI is InChI=1S/C11H15N3S/c1-3-4-5-9-13-10(12)8-6-7(2)15-11(8)14-9/h6H,3-5H2,1-2H3,(H2,12,13,14). The summed E-state index contributed by atoms with van der Waals surface area (Å²) in [7, 11) is 0. The summed E-state index contributed by atoms with van der Waals surface area (Å²) >= 11 is 1.68. The van der Waals surface area contributed by atoms with Gasteiger partial charge in [-0.05, 0) is 19.4 Å². The monoisotopic (exact) mass is 221 g/mol. The highest BCUT2D eigenvalue weighted by Gasteiger charge is 2.07. The fourth-order valence-electron chi connectivity index (χ4n) is 1.56. The second-order valence-electron chi connectivity index (χ2n) is 3.70. The topological polar surface area (TPSA) is 51.8 Å². The molecule has 15 heavy (non-hydrogen) atoms. The van der Waals surface area contributed by atoms with Crippen LogP contribution in [0.1, 0.15) is 30.5 Å². The smallest absolute Gasteiger partial charge is 0.135 e. The van der Waals surface area contributed by atoms with Gasteiger partial charge in [0.1, 0.15) is 16.5 Å². The minimum atomic E-state index is 0.621. The van der Waals surface area contributed by atoms with E-state index in [-0.39, 0.29) is 0 Å². The van der Waals surface area contributed by atoms with Crippen molar-refractivity contribution in [3.05, 3.63) is 16.8 Å². The van der Waals surface area contributed by atoms with Gasteiger partial charge >= 0.3 is 0 Å². The van der Waals surface area contributed by atoms with Crippen LogP contribution in [0.4, 0.5) is 5.82 Å². The van der Waals surface area contributed by atoms with Gasteiger partial charge in [0.05, 0.1) is 5.39 Å². The van der Waals surface area contributed by atoms with E-state index in [9.17, 15) is 0 Å². The van der Waals surface area contributed by atoms with E-state index in [0.29, 0.717) is 5.82 Å². The first-order valence-electron chi connectivity index (χ1n) is 5.23. The van der Waals surface area contributed by atoms with Gasteiger partial charge in [-0.15, -0.1) is 11.3 Å². The molecule has 0 aliphatic rings. The number of nitrogen functional groups attached to an aromatic ring is 1. The van der Waals surface area contributed by atoms with Crippen LogP contribution in [0, 0.1) is 6.92 Å². The summed E-state index contributed by atoms with van der Waals surface area (Å²) in [4.78, 5) is 11.1. The molecule has 0 unspecified atom stereocenters. The molecule has 0 radical (unpaired) electrons. The number of hydrogen-bond acceptors (Lipinski definition) is 4. The number of unbranched alkanes of at least 4 members (excludes halogenated alkanes) is 1. The number of aromatic nitrogens is 2. The fraction of sp³-hybridized carbons (Fsp3) is 0.455. The average molecular weight is 221 g/mol. The van der Waals surface area contributed by atoms with Crippen LogP contribution in [0.5, 0.6) is 0 Å². The Morgan fingerprint density at radius 1 is 1.40 bits per heavy atom. The second-order valence-corrected chi connectivity index (χ2v) is 4.94. The van der Waals surface area contributed by atoms with Crippen molar-refractivity contribution < 1.29 is 0 Å². The summed E-state index contributed by atoms with van der Waals surface area (Å²) in [5.41, 5.74) is 5.90. The molecule has 2 N–H and O–H groups in total. The molecule has 0 spiro atoms. The summed E-state index contributed by atoms with van der Waals surface area (Å²) in [6.45, 7) is 4.23. The van der Waals surface area contributed by atoms with Crippen molar-refractivity contribution >= 4 is 27.4 Å². The van der Waals surface area contributed by atoms with Crippen LogP contribution < -0.4 is 5.73 Å². The number of aryl methyl sites for hydroxylation is 2. The van der Waals surface area contributed by atoms with Gasteiger partial charge in [0, 0.05) is 11.3 Å². The maximum Gasteiger partial charge on any atom is 0.135 e. The van der Waals surface area contributed by atoms with Crippen molar-refractivity contribution in [3.8, 4) is 0 Å². The molecule has 2 aromatic rings. The van der Waals surface area contributed by atoms with E-state index in [4.69, 9.17) is 5.73 Å². The normalized spacial score (nSPS) is 11.1. The van der Waals surface area contributed by atoms with Crippen LogP contribution in [0.2, 0.25) is 0 Å². The molecule has 2 rings (SSSR count). The lowest BCUT2D eigenvalue weighted by Gasteiger charge is -2.00. The Kier molecular flexibility index (Phi) is 2.86. The predicted molar refractivity (Wildman–Crippen MR) is 65.2 cm³/mol. The van der Waals surface area contributed by atoms with E-state index < -0.39 is 0 Å². The molecule has 0 amide bonds. The maximum absolute atomic E-state index is 5.90. The highest BCUT2D eigenvalue weighted by molar-refractivity contribution is 7.18. The van der Waals surface area contributed by atoms with E-state index in [2.05, 4.69) is 29.9 Å². The Labute approximate surface area is 93.4 Å². The predicted octanol–water partition coefficient (Wildman–Crippen LogP) is 2.92. The summed E-state index contributed by atoms with van der Waals surface area (Å²) in [5, 5.41) is 0.998. The SMILES string of the molecule is CCCCc1nc(N)c2cc(C)sc2n1. The Morgan fingerprint density at radius 2 is 2.20 bits per heavy atom. The molecule has 0 saturated heterocycles. The number of rotatable bonds is 3. The van der Waals surface area contributed by atoms with Gasteiger partial charge < -0.3 is 5.73 Å². The Morgan fingerprint density at radius 3 is 2.93 bits per heavy atom. The molecule has 2 aromatic heterocycles. The number of fused-ring (bicyclic) bond motifs is 1. The van der Waals surface area contributed by atoms with Crippen molar-refractivity contribution in [1.82, 2.24) is 9.97 Å². The fourth-order valence-corrected chi connectivity index (χ4v) is 2.46. The third-order valence-electron chi connectivity index (χ3n) is 2.35. The van der Waals surface area contributed by atoms with Gasteiger partial charge in [-0.3, -0.25) is 0 Å². The van der Waals surface area contributed by atoms with E-state index in [1.165, 1.54) is 4.88 Å². The Hall–Kier alpha value is -1.16. The summed E-state index contributed by atoms with van der Waals surface area (Å²) in [6.07, 6.45) is 3.20. The first kappa shape index (κ1) is 10.4. The lowest BCUT2D eigenvalue weighted by Crippen LogP contribution is -1.99. The highest BCUT2D eigenvalue weighted by atomic mass is 32.1. The van der Waals surface area contributed by atoms with Crippen molar-refractivity contribution in [3.63, 3.8) is 0 Å². The zero-order valence-electron chi connectivity index (χ0n) is 9.08. The van der Waals surface area contributed by atoms with Gasteiger partial charge in [0.15, 0.2) is 0 Å². The van der Waals surface area contributed by atoms with Crippen LogP contribution >= 0.6 is 11.3 Å². The zero-order chi connectivity index (χ0) is 10.8. The molecule has 0 bridgehead atoms. The van der Waals surface area contributed by atoms with Crippen LogP contribution in [0.25, 0.3) is 10.2 Å². The van der Waals surface area contributed by atoms with Crippen LogP contribution in [-0.4, -0.2) is 9.97 Å². The Balaban J connectivity index is 2.42. The van der Waals surface area contributed by atoms with E-state index in [1.54, 1.807) is 11.3 Å². The molecule has 0 aromatic carbocycles. The minimum absolute atomic E-state index is 0.621. The first-order valence-corrected chi connectivity index (χ1v) is 6.05. The molecule has 80 valence electrons. The van der Waals surface area contributed by atoms with Crippen molar-refractivity contribution in [2.75, 3.05) is 5.73 Å². The molecule has 0 atom stereocenters. The van der Waals surface area contributed by atoms with Gasteiger partial charge in [-0.1, -0.05) is 13.3 Å². The third kappa shape index (κ3) is 2.09. The van der Waals surface area contributed by atoms with Crippen molar-refractivity contribution in [2.45, 2.75) is 33.1 Å². The maximum atomic E-state index is 5.90. The molecule has 3 nitrogen and oxygen atoms in total. The molecule has 2 heterocycles. The number of nitrogens with zero attached hydrogens (tertiary/aromatic N) is 2. The molecular weight excluding hydrogens is 206 g/mol. The van der Waals surface area contributed by atoms with Crippen molar-refractivity contribution in [2.24, 2.45) is 0 Å². The lowest BCUT2D eigenvalue weighted by molar-refractivity contribution is 0.758. The molecule has 0 fully saturated rings. The number of nitrogens with two attached hydrogens (primary N) is 1. The van der Waals surface area contributed by atoms with E-state index >= 15 is 0 Å². The van der Waals surface area contributed by atoms with Crippen LogP contribution in [0.3, 0.4) is 0 Å². The van der Waals surface area contributed by atoms with E-state index in [1.807, 2.05) is 0 Å². The average Bonchev–Trinajstić information content (AvgIpc) is 2.56. The quantitative estimate of drug-likeness (QED) is 0.867. The first-order chi connectivity index (χ1) is 7.20. The molecule has 0 saturated carbocycles. The molecular formula is C11H15N3S. The third-order valence-corrected chi connectivity index (χ3v) is 3.29. The Bertz CT molecular complexity index is 476. The zero-order valence-corrected chi connectivity index (χ0v) is 9.90. The molecule has 0 aliphatic carbocycles. The van der Waals surface area contributed by atoms with Crippen LogP contribution in [0.15, 0.2) is 6.07 Å². The van der Waals surface area contributed by atoms with Crippen molar-refractivity contribution in [1.29, 1.82) is 0 Å². The molecule has 4 heteroatoms. The summed E-state index contributed by atoms with van der Waals surface area (Å²) in [6, 6.07) is 2.05. The van der Waals surface area contributed by atoms with Gasteiger partial charge in [0.2, 0.25) is 0 Å². The highest BCUT2D eigenvalue weighted by Crippen LogP contribution is 2.26. The van der Waals surface area contributed by atoms with Gasteiger partial charge in [-0.2, -0.15) is 0 Å². The second kappa shape index (κ2) is 4.14. The van der Waals surface area contributed by atoms with Crippen LogP contribution in [-0.2, 0) is 6.42 Å². The van der Waals surface area contributed by atoms with Gasteiger partial charge in [0.25, 0.3) is 0 Å². The minimum Gasteiger partial charge on any atom is -0.383 e. The summed E-state index contributed by atoms with van der Waals surface area (Å²) in [5.74, 6) is 1.50. The van der Waals surface area contributed by atoms with Gasteiger partial charge in [-0.25, -0.2) is 9.97 Å². The number of hydrogen-bond donors (Lipinski definition) is 1. The number of anilines is 1. The molecule has 0 aliphatic heterocycles.